The summed E-state index contributed by atoms with van der Waals surface area (Å²) in [6, 6.07) is 8.02. The predicted octanol–water partition coefficient (Wildman–Crippen LogP) is 2.71. The summed E-state index contributed by atoms with van der Waals surface area (Å²) in [5, 5.41) is 3.05. The number of anilines is 1. The molecule has 25 heavy (non-hydrogen) atoms. The highest BCUT2D eigenvalue weighted by atomic mass is 16.5. The van der Waals surface area contributed by atoms with Crippen molar-refractivity contribution in [2.45, 2.75) is 39.2 Å². The topological polar surface area (TPSA) is 70.2 Å². The number of hydrogen-bond donors (Lipinski definition) is 2. The van der Waals surface area contributed by atoms with Crippen molar-refractivity contribution >= 4 is 22.9 Å². The lowest BCUT2D eigenvalue weighted by Gasteiger charge is -2.31. The highest BCUT2D eigenvalue weighted by molar-refractivity contribution is 5.80. The molecule has 6 heteroatoms. The summed E-state index contributed by atoms with van der Waals surface area (Å²) >= 11 is 0. The molecule has 0 aliphatic carbocycles. The Morgan fingerprint density at radius 3 is 3.08 bits per heavy atom. The van der Waals surface area contributed by atoms with E-state index in [1.165, 1.54) is 0 Å². The number of H-pyrrole nitrogens is 1. The zero-order chi connectivity index (χ0) is 17.6. The second-order valence-electron chi connectivity index (χ2n) is 6.93. The molecule has 0 radical (unpaired) electrons. The van der Waals surface area contributed by atoms with Crippen LogP contribution in [-0.4, -0.2) is 48.2 Å². The Morgan fingerprint density at radius 2 is 2.28 bits per heavy atom. The summed E-state index contributed by atoms with van der Waals surface area (Å²) in [5.74, 6) is 1.03. The summed E-state index contributed by atoms with van der Waals surface area (Å²) in [6.07, 6.45) is 3.03. The number of aromatic amines is 1. The standard InChI is InChI=1S/C19H28N4O2/c1-14(2)25-12-6-10-20-18(24)15-7-5-11-23(13-15)19-21-16-8-3-4-9-17(16)22-19/h3-4,8-9,14-15H,5-7,10-13H2,1-2H3,(H,20,24)(H,21,22). The van der Waals surface area contributed by atoms with Gasteiger partial charge in [-0.25, -0.2) is 4.98 Å². The molecule has 6 nitrogen and oxygen atoms in total. The molecule has 1 saturated heterocycles. The van der Waals surface area contributed by atoms with Gasteiger partial charge in [-0.05, 0) is 45.2 Å². The van der Waals surface area contributed by atoms with Crippen LogP contribution >= 0.6 is 0 Å². The Balaban J connectivity index is 1.51. The third kappa shape index (κ3) is 4.72. The van der Waals surface area contributed by atoms with E-state index in [0.29, 0.717) is 19.7 Å². The van der Waals surface area contributed by atoms with Crippen LogP contribution in [0, 0.1) is 5.92 Å². The molecule has 2 aromatic rings. The Morgan fingerprint density at radius 1 is 1.44 bits per heavy atom. The molecule has 136 valence electrons. The summed E-state index contributed by atoms with van der Waals surface area (Å²) in [6.45, 7) is 7.06. The van der Waals surface area contributed by atoms with Gasteiger partial charge in [0.1, 0.15) is 0 Å². The summed E-state index contributed by atoms with van der Waals surface area (Å²) < 4.78 is 5.50. The molecule has 2 N–H and O–H groups in total. The van der Waals surface area contributed by atoms with Gasteiger partial charge < -0.3 is 19.9 Å². The van der Waals surface area contributed by atoms with Gasteiger partial charge in [-0.15, -0.1) is 0 Å². The van der Waals surface area contributed by atoms with Crippen molar-refractivity contribution < 1.29 is 9.53 Å². The van der Waals surface area contributed by atoms with Crippen molar-refractivity contribution in [2.24, 2.45) is 5.92 Å². The molecule has 1 aromatic heterocycles. The number of amides is 1. The number of ether oxygens (including phenoxy) is 1. The number of imidazole rings is 1. The third-order valence-corrected chi connectivity index (χ3v) is 4.54. The van der Waals surface area contributed by atoms with Crippen LogP contribution < -0.4 is 10.2 Å². The fourth-order valence-electron chi connectivity index (χ4n) is 3.22. The van der Waals surface area contributed by atoms with Crippen LogP contribution in [0.2, 0.25) is 0 Å². The smallest absolute Gasteiger partial charge is 0.224 e. The number of benzene rings is 1. The van der Waals surface area contributed by atoms with Crippen LogP contribution in [0.1, 0.15) is 33.1 Å². The summed E-state index contributed by atoms with van der Waals surface area (Å²) in [7, 11) is 0. The number of aromatic nitrogens is 2. The van der Waals surface area contributed by atoms with Crippen LogP contribution in [-0.2, 0) is 9.53 Å². The minimum absolute atomic E-state index is 0.0213. The predicted molar refractivity (Wildman–Crippen MR) is 99.7 cm³/mol. The van der Waals surface area contributed by atoms with Gasteiger partial charge in [0.2, 0.25) is 11.9 Å². The average molecular weight is 344 g/mol. The molecule has 1 aliphatic rings. The lowest BCUT2D eigenvalue weighted by atomic mass is 9.97. The van der Waals surface area contributed by atoms with Crippen molar-refractivity contribution in [2.75, 3.05) is 31.1 Å². The molecule has 1 amide bonds. The largest absolute Gasteiger partial charge is 0.379 e. The molecule has 0 spiro atoms. The highest BCUT2D eigenvalue weighted by Crippen LogP contribution is 2.23. The second kappa shape index (κ2) is 8.34. The van der Waals surface area contributed by atoms with E-state index in [-0.39, 0.29) is 17.9 Å². The Bertz CT molecular complexity index is 665. The zero-order valence-corrected chi connectivity index (χ0v) is 15.1. The molecule has 1 aliphatic heterocycles. The van der Waals surface area contributed by atoms with Crippen molar-refractivity contribution in [3.8, 4) is 0 Å². The van der Waals surface area contributed by atoms with E-state index in [9.17, 15) is 4.79 Å². The van der Waals surface area contributed by atoms with E-state index in [1.807, 2.05) is 38.1 Å². The van der Waals surface area contributed by atoms with Gasteiger partial charge in [-0.2, -0.15) is 0 Å². The number of carbonyl (C=O) groups is 1. The second-order valence-corrected chi connectivity index (χ2v) is 6.93. The van der Waals surface area contributed by atoms with Crippen LogP contribution in [0.25, 0.3) is 11.0 Å². The molecule has 1 atom stereocenters. The quantitative estimate of drug-likeness (QED) is 0.758. The van der Waals surface area contributed by atoms with Gasteiger partial charge in [-0.3, -0.25) is 4.79 Å². The number of hydrogen-bond acceptors (Lipinski definition) is 4. The van der Waals surface area contributed by atoms with Gasteiger partial charge >= 0.3 is 0 Å². The van der Waals surface area contributed by atoms with Gasteiger partial charge in [0.25, 0.3) is 0 Å². The number of piperidine rings is 1. The van der Waals surface area contributed by atoms with Crippen molar-refractivity contribution in [3.05, 3.63) is 24.3 Å². The minimum Gasteiger partial charge on any atom is -0.379 e. The van der Waals surface area contributed by atoms with E-state index in [4.69, 9.17) is 4.74 Å². The minimum atomic E-state index is 0.0213. The van der Waals surface area contributed by atoms with E-state index in [2.05, 4.69) is 20.2 Å². The maximum atomic E-state index is 12.4. The Labute approximate surface area is 149 Å². The van der Waals surface area contributed by atoms with Gasteiger partial charge in [-0.1, -0.05) is 12.1 Å². The molecular weight excluding hydrogens is 316 g/mol. The summed E-state index contributed by atoms with van der Waals surface area (Å²) in [4.78, 5) is 22.6. The Kier molecular flexibility index (Phi) is 5.91. The van der Waals surface area contributed by atoms with Crippen molar-refractivity contribution in [3.63, 3.8) is 0 Å². The number of fused-ring (bicyclic) bond motifs is 1. The zero-order valence-electron chi connectivity index (χ0n) is 15.1. The number of nitrogens with one attached hydrogen (secondary N) is 2. The summed E-state index contributed by atoms with van der Waals surface area (Å²) in [5.41, 5.74) is 2.00. The van der Waals surface area contributed by atoms with E-state index in [1.54, 1.807) is 0 Å². The fraction of sp³-hybridized carbons (Fsp3) is 0.579. The lowest BCUT2D eigenvalue weighted by molar-refractivity contribution is -0.125. The molecular formula is C19H28N4O2. The maximum absolute atomic E-state index is 12.4. The normalized spacial score (nSPS) is 18.0. The molecule has 3 rings (SSSR count). The molecule has 1 fully saturated rings. The lowest BCUT2D eigenvalue weighted by Crippen LogP contribution is -2.43. The Hall–Kier alpha value is -2.08. The van der Waals surface area contributed by atoms with E-state index < -0.39 is 0 Å². The molecule has 0 saturated carbocycles. The number of nitrogens with zero attached hydrogens (tertiary/aromatic N) is 2. The SMILES string of the molecule is CC(C)OCCCNC(=O)C1CCCN(c2nc3ccccc3[nH]2)C1. The molecule has 1 unspecified atom stereocenters. The van der Waals surface area contributed by atoms with Crippen LogP contribution in [0.15, 0.2) is 24.3 Å². The molecule has 0 bridgehead atoms. The first-order valence-electron chi connectivity index (χ1n) is 9.22. The van der Waals surface area contributed by atoms with Crippen LogP contribution in [0.5, 0.6) is 0 Å². The van der Waals surface area contributed by atoms with Gasteiger partial charge in [0.15, 0.2) is 0 Å². The molecule has 1 aromatic carbocycles. The van der Waals surface area contributed by atoms with Crippen molar-refractivity contribution in [1.29, 1.82) is 0 Å². The third-order valence-electron chi connectivity index (χ3n) is 4.54. The first-order valence-corrected chi connectivity index (χ1v) is 9.22. The van der Waals surface area contributed by atoms with Gasteiger partial charge in [0, 0.05) is 26.2 Å². The van der Waals surface area contributed by atoms with Crippen LogP contribution in [0.3, 0.4) is 0 Å². The van der Waals surface area contributed by atoms with Crippen LogP contribution in [0.4, 0.5) is 5.95 Å². The maximum Gasteiger partial charge on any atom is 0.224 e. The number of para-hydroxylation sites is 2. The van der Waals surface area contributed by atoms with Crippen molar-refractivity contribution in [1.82, 2.24) is 15.3 Å². The number of rotatable bonds is 7. The number of carbonyl (C=O) groups excluding carboxylic acids is 1. The fourth-order valence-corrected chi connectivity index (χ4v) is 3.22. The first-order chi connectivity index (χ1) is 12.1. The molecule has 2 heterocycles. The van der Waals surface area contributed by atoms with E-state index >= 15 is 0 Å². The van der Waals surface area contributed by atoms with Gasteiger partial charge in [0.05, 0.1) is 23.1 Å². The monoisotopic (exact) mass is 344 g/mol. The average Bonchev–Trinajstić information content (AvgIpc) is 3.05. The van der Waals surface area contributed by atoms with E-state index in [0.717, 1.165) is 42.8 Å². The first kappa shape index (κ1) is 17.7. The highest BCUT2D eigenvalue weighted by Gasteiger charge is 2.27.